The summed E-state index contributed by atoms with van der Waals surface area (Å²) in [6.07, 6.45) is 14.4. The van der Waals surface area contributed by atoms with E-state index in [2.05, 4.69) is 30.2 Å². The number of carbonyl (C=O) groups is 2. The molecule has 14 nitrogen and oxygen atoms in total. The maximum atomic E-state index is 12.6. The first-order valence-electron chi connectivity index (χ1n) is 22.0. The molecule has 0 radical (unpaired) electrons. The number of amides is 2. The Labute approximate surface area is 344 Å². The van der Waals surface area contributed by atoms with Crippen molar-refractivity contribution in [1.82, 2.24) is 30.2 Å². The number of nitrogen functional groups attached to an aromatic ring is 1. The number of piperazine rings is 2. The van der Waals surface area contributed by atoms with Crippen molar-refractivity contribution in [2.24, 2.45) is 11.8 Å². The van der Waals surface area contributed by atoms with E-state index >= 15 is 0 Å². The van der Waals surface area contributed by atoms with Gasteiger partial charge in [0, 0.05) is 113 Å². The lowest BCUT2D eigenvalue weighted by atomic mass is 9.89. The quantitative estimate of drug-likeness (QED) is 0.142. The largest absolute Gasteiger partial charge is 0.495 e. The van der Waals surface area contributed by atoms with Crippen molar-refractivity contribution in [2.45, 2.75) is 101 Å². The minimum atomic E-state index is -0.506. The lowest BCUT2D eigenvalue weighted by Gasteiger charge is -2.42. The average Bonchev–Trinajstić information content (AvgIpc) is 4.20. The number of carbonyl (C=O) groups excluding carboxylic acids is 2. The molecule has 0 atom stereocenters. The molecule has 318 valence electrons. The fourth-order valence-corrected chi connectivity index (χ4v) is 9.48. The Hall–Kier alpha value is -3.98. The molecule has 2 heterocycles. The number of nitrogens with two attached hydrogens (primary N) is 1. The molecule has 2 saturated heterocycles. The van der Waals surface area contributed by atoms with Crippen LogP contribution in [0.1, 0.15) is 97.8 Å². The normalized spacial score (nSPS) is 26.2. The zero-order valence-electron chi connectivity index (χ0n) is 34.7. The van der Waals surface area contributed by atoms with Crippen LogP contribution >= 0.6 is 0 Å². The van der Waals surface area contributed by atoms with E-state index in [0.29, 0.717) is 34.6 Å². The van der Waals surface area contributed by atoms with E-state index in [0.717, 1.165) is 63.5 Å². The van der Waals surface area contributed by atoms with Crippen molar-refractivity contribution >= 4 is 23.2 Å². The lowest BCUT2D eigenvalue weighted by molar-refractivity contribution is -0.385. The van der Waals surface area contributed by atoms with E-state index in [1.165, 1.54) is 116 Å². The van der Waals surface area contributed by atoms with Gasteiger partial charge in [-0.05, 0) is 113 Å². The number of ether oxygens (including phenoxy) is 2. The zero-order chi connectivity index (χ0) is 40.6. The number of nitro benzene ring substituents is 1. The summed E-state index contributed by atoms with van der Waals surface area (Å²) in [6, 6.07) is 11.2. The highest BCUT2D eigenvalue weighted by molar-refractivity contribution is 5.96. The molecule has 0 bridgehead atoms. The first kappa shape index (κ1) is 42.2. The second-order valence-electron chi connectivity index (χ2n) is 17.6. The van der Waals surface area contributed by atoms with E-state index in [-0.39, 0.29) is 35.3 Å². The molecule has 14 heteroatoms. The summed E-state index contributed by atoms with van der Waals surface area (Å²) in [5.74, 6) is 2.39. The van der Waals surface area contributed by atoms with Gasteiger partial charge < -0.3 is 35.6 Å². The molecule has 4 saturated carbocycles. The maximum absolute atomic E-state index is 12.6. The van der Waals surface area contributed by atoms with Gasteiger partial charge in [0.15, 0.2) is 5.75 Å². The number of anilines is 1. The molecular weight excluding hydrogens is 737 g/mol. The van der Waals surface area contributed by atoms with Gasteiger partial charge in [-0.3, -0.25) is 29.5 Å². The van der Waals surface area contributed by atoms with Crippen LogP contribution in [-0.4, -0.2) is 140 Å². The van der Waals surface area contributed by atoms with Crippen LogP contribution in [0.25, 0.3) is 0 Å². The van der Waals surface area contributed by atoms with E-state index in [1.807, 2.05) is 0 Å². The van der Waals surface area contributed by atoms with Gasteiger partial charge in [-0.2, -0.15) is 0 Å². The molecule has 0 unspecified atom stereocenters. The summed E-state index contributed by atoms with van der Waals surface area (Å²) in [6.45, 7) is 12.2. The van der Waals surface area contributed by atoms with E-state index in [1.54, 1.807) is 25.3 Å². The van der Waals surface area contributed by atoms with Gasteiger partial charge in [-0.15, -0.1) is 0 Å². The van der Waals surface area contributed by atoms with Gasteiger partial charge in [0.1, 0.15) is 5.75 Å². The fraction of sp³-hybridized carbons (Fsp3) is 0.682. The predicted molar refractivity (Wildman–Crippen MR) is 226 cm³/mol. The first-order chi connectivity index (χ1) is 28.1. The monoisotopic (exact) mass is 803 g/mol. The number of methoxy groups -OCH3 is 2. The predicted octanol–water partition coefficient (Wildman–Crippen LogP) is 5.02. The Morgan fingerprint density at radius 1 is 0.638 bits per heavy atom. The second kappa shape index (κ2) is 19.8. The maximum Gasteiger partial charge on any atom is 0.310 e. The summed E-state index contributed by atoms with van der Waals surface area (Å²) in [7, 11) is 2.94. The molecule has 58 heavy (non-hydrogen) atoms. The van der Waals surface area contributed by atoms with Crippen LogP contribution in [0.5, 0.6) is 11.5 Å². The highest BCUT2D eigenvalue weighted by atomic mass is 16.6. The molecule has 2 aromatic rings. The van der Waals surface area contributed by atoms with Gasteiger partial charge in [-0.1, -0.05) is 0 Å². The molecule has 6 fully saturated rings. The minimum Gasteiger partial charge on any atom is -0.495 e. The molecule has 6 aliphatic rings. The van der Waals surface area contributed by atoms with Crippen LogP contribution < -0.4 is 25.8 Å². The molecule has 8 rings (SSSR count). The molecule has 0 aromatic heterocycles. The van der Waals surface area contributed by atoms with Crippen molar-refractivity contribution in [3.8, 4) is 11.5 Å². The van der Waals surface area contributed by atoms with Crippen LogP contribution in [0.3, 0.4) is 0 Å². The van der Waals surface area contributed by atoms with E-state index < -0.39 is 4.92 Å². The summed E-state index contributed by atoms with van der Waals surface area (Å²) in [4.78, 5) is 46.3. The molecule has 2 amide bonds. The smallest absolute Gasteiger partial charge is 0.310 e. The molecular formula is C44H66N8O6. The summed E-state index contributed by atoms with van der Waals surface area (Å²) >= 11 is 0. The van der Waals surface area contributed by atoms with Crippen molar-refractivity contribution in [1.29, 1.82) is 0 Å². The zero-order valence-corrected chi connectivity index (χ0v) is 34.7. The van der Waals surface area contributed by atoms with Crippen molar-refractivity contribution in [2.75, 3.05) is 85.4 Å². The standard InChI is InChI=1S/C22H32N4O4.C22H34N4O2/c1-30-21-14-17(4-9-20(21)26(28)29)22(27)23-18-5-7-19(8-6-18)25-12-10-24(11-13-25)15-16-2-3-16;1-28-21-14-17(4-9-20(21)23)22(27)24-18-5-7-19(8-6-18)26-12-10-25(11-13-26)15-16-2-3-16/h4,9,14,16,18-19H,2-3,5-8,10-13,15H2,1H3,(H,23,27);4,9,14,16,18-19H,2-3,5-8,10-13,15,23H2,1H3,(H,24,27). The van der Waals surface area contributed by atoms with Gasteiger partial charge in [-0.25, -0.2) is 0 Å². The van der Waals surface area contributed by atoms with Crippen LogP contribution in [-0.2, 0) is 0 Å². The number of benzene rings is 2. The number of hydrogen-bond donors (Lipinski definition) is 3. The second-order valence-corrected chi connectivity index (χ2v) is 17.6. The van der Waals surface area contributed by atoms with Gasteiger partial charge in [0.2, 0.25) is 0 Å². The molecule has 2 aliphatic heterocycles. The third kappa shape index (κ3) is 11.6. The summed E-state index contributed by atoms with van der Waals surface area (Å²) in [5, 5.41) is 17.3. The Balaban J connectivity index is 0.000000177. The lowest BCUT2D eigenvalue weighted by Crippen LogP contribution is -2.52. The molecule has 2 aromatic carbocycles. The minimum absolute atomic E-state index is 0.0320. The highest BCUT2D eigenvalue weighted by Crippen LogP contribution is 2.33. The Kier molecular flexibility index (Phi) is 14.4. The van der Waals surface area contributed by atoms with Crippen molar-refractivity contribution in [3.05, 3.63) is 57.6 Å². The molecule has 4 aliphatic carbocycles. The van der Waals surface area contributed by atoms with E-state index in [9.17, 15) is 19.7 Å². The number of rotatable bonds is 13. The topological polar surface area (TPSA) is 159 Å². The first-order valence-corrected chi connectivity index (χ1v) is 22.0. The summed E-state index contributed by atoms with van der Waals surface area (Å²) in [5.41, 5.74) is 7.27. The van der Waals surface area contributed by atoms with E-state index in [4.69, 9.17) is 15.2 Å². The van der Waals surface area contributed by atoms with Crippen LogP contribution in [0.4, 0.5) is 11.4 Å². The van der Waals surface area contributed by atoms with Crippen molar-refractivity contribution in [3.63, 3.8) is 0 Å². The van der Waals surface area contributed by atoms with Gasteiger partial charge >= 0.3 is 5.69 Å². The number of hydrogen-bond acceptors (Lipinski definition) is 11. The van der Waals surface area contributed by atoms with Crippen LogP contribution in [0.2, 0.25) is 0 Å². The highest BCUT2D eigenvalue weighted by Gasteiger charge is 2.33. The number of nitrogens with zero attached hydrogens (tertiary/aromatic N) is 5. The van der Waals surface area contributed by atoms with Gasteiger partial charge in [0.05, 0.1) is 24.8 Å². The third-order valence-corrected chi connectivity index (χ3v) is 13.5. The number of nitro groups is 1. The third-order valence-electron chi connectivity index (χ3n) is 13.5. The Bertz CT molecular complexity index is 1690. The molecule has 0 spiro atoms. The van der Waals surface area contributed by atoms with Crippen LogP contribution in [0, 0.1) is 22.0 Å². The average molecular weight is 803 g/mol. The van der Waals surface area contributed by atoms with Crippen molar-refractivity contribution < 1.29 is 24.0 Å². The SMILES string of the molecule is COc1cc(C(=O)NC2CCC(N3CCN(CC4CC4)CC3)CC2)ccc1N.COc1cc(C(=O)NC2CCC(N3CCN(CC4CC4)CC3)CC2)ccc1[N+](=O)[O-]. The summed E-state index contributed by atoms with van der Waals surface area (Å²) < 4.78 is 10.3. The van der Waals surface area contributed by atoms with Crippen LogP contribution in [0.15, 0.2) is 36.4 Å². The fourth-order valence-electron chi connectivity index (χ4n) is 9.48. The Morgan fingerprint density at radius 2 is 1.05 bits per heavy atom. The van der Waals surface area contributed by atoms with Gasteiger partial charge in [0.25, 0.3) is 11.8 Å². The Morgan fingerprint density at radius 3 is 1.45 bits per heavy atom. The number of nitrogens with one attached hydrogen (secondary N) is 2. The molecule has 4 N–H and O–H groups in total.